The molecule has 0 unspecified atom stereocenters. The van der Waals surface area contributed by atoms with Crippen molar-refractivity contribution in [1.82, 2.24) is 4.98 Å². The second kappa shape index (κ2) is 8.08. The largest absolute Gasteiger partial charge is 0.465 e. The molecule has 0 atom stereocenters. The SMILES string of the molecule is CCOC(=O)c1cnc2c(C(=O)OC)cccc2c1Nc1cccc(C)c1C. The average Bonchev–Trinajstić information content (AvgIpc) is 2.70. The van der Waals surface area contributed by atoms with Crippen LogP contribution in [0.2, 0.25) is 0 Å². The van der Waals surface area contributed by atoms with Crippen molar-refractivity contribution in [2.45, 2.75) is 20.8 Å². The molecule has 6 heteroatoms. The van der Waals surface area contributed by atoms with Crippen molar-refractivity contribution in [2.75, 3.05) is 19.0 Å². The molecular formula is C22H22N2O4. The number of ether oxygens (including phenoxy) is 2. The van der Waals surface area contributed by atoms with Crippen molar-refractivity contribution < 1.29 is 19.1 Å². The van der Waals surface area contributed by atoms with E-state index >= 15 is 0 Å². The van der Waals surface area contributed by atoms with Crippen molar-refractivity contribution >= 4 is 34.2 Å². The number of para-hydroxylation sites is 1. The Labute approximate surface area is 163 Å². The number of aromatic nitrogens is 1. The van der Waals surface area contributed by atoms with Crippen LogP contribution in [0.1, 0.15) is 38.8 Å². The number of nitrogens with zero attached hydrogens (tertiary/aromatic N) is 1. The normalized spacial score (nSPS) is 10.6. The van der Waals surface area contributed by atoms with E-state index in [0.29, 0.717) is 27.7 Å². The molecule has 3 aromatic rings. The van der Waals surface area contributed by atoms with E-state index < -0.39 is 11.9 Å². The second-order valence-electron chi connectivity index (χ2n) is 6.33. The fraction of sp³-hybridized carbons (Fsp3) is 0.227. The molecule has 0 amide bonds. The van der Waals surface area contributed by atoms with Gasteiger partial charge in [-0.2, -0.15) is 0 Å². The minimum Gasteiger partial charge on any atom is -0.465 e. The van der Waals surface area contributed by atoms with Crippen molar-refractivity contribution in [3.63, 3.8) is 0 Å². The van der Waals surface area contributed by atoms with Crippen LogP contribution < -0.4 is 5.32 Å². The molecule has 0 aliphatic rings. The lowest BCUT2D eigenvalue weighted by atomic mass is 10.0. The smallest absolute Gasteiger partial charge is 0.341 e. The van der Waals surface area contributed by atoms with E-state index in [-0.39, 0.29) is 6.61 Å². The van der Waals surface area contributed by atoms with Gasteiger partial charge in [-0.05, 0) is 44.0 Å². The maximum atomic E-state index is 12.5. The molecule has 28 heavy (non-hydrogen) atoms. The van der Waals surface area contributed by atoms with Crippen LogP contribution in [0.3, 0.4) is 0 Å². The third-order valence-electron chi connectivity index (χ3n) is 4.66. The number of benzene rings is 2. The zero-order valence-corrected chi connectivity index (χ0v) is 16.3. The molecule has 0 bridgehead atoms. The molecule has 0 radical (unpaired) electrons. The molecule has 0 fully saturated rings. The second-order valence-corrected chi connectivity index (χ2v) is 6.33. The highest BCUT2D eigenvalue weighted by atomic mass is 16.5. The van der Waals surface area contributed by atoms with Crippen LogP contribution in [0.4, 0.5) is 11.4 Å². The maximum Gasteiger partial charge on any atom is 0.341 e. The molecule has 2 aromatic carbocycles. The molecule has 0 aliphatic heterocycles. The first kappa shape index (κ1) is 19.4. The monoisotopic (exact) mass is 378 g/mol. The molecule has 0 spiro atoms. The van der Waals surface area contributed by atoms with E-state index in [2.05, 4.69) is 10.3 Å². The summed E-state index contributed by atoms with van der Waals surface area (Å²) in [6.45, 7) is 6.03. The van der Waals surface area contributed by atoms with Gasteiger partial charge in [0.15, 0.2) is 0 Å². The van der Waals surface area contributed by atoms with E-state index in [1.54, 1.807) is 19.1 Å². The van der Waals surface area contributed by atoms with Crippen LogP contribution in [0.25, 0.3) is 10.9 Å². The summed E-state index contributed by atoms with van der Waals surface area (Å²) >= 11 is 0. The fourth-order valence-corrected chi connectivity index (χ4v) is 3.02. The predicted octanol–water partition coefficient (Wildman–Crippen LogP) is 4.56. The minimum absolute atomic E-state index is 0.252. The third-order valence-corrected chi connectivity index (χ3v) is 4.66. The van der Waals surface area contributed by atoms with Crippen LogP contribution in [0.5, 0.6) is 0 Å². The number of rotatable bonds is 5. The highest BCUT2D eigenvalue weighted by Gasteiger charge is 2.20. The van der Waals surface area contributed by atoms with Gasteiger partial charge in [0, 0.05) is 17.3 Å². The molecule has 0 aliphatic carbocycles. The van der Waals surface area contributed by atoms with Crippen LogP contribution >= 0.6 is 0 Å². The van der Waals surface area contributed by atoms with Crippen LogP contribution in [0.15, 0.2) is 42.6 Å². The first-order valence-corrected chi connectivity index (χ1v) is 8.98. The van der Waals surface area contributed by atoms with Gasteiger partial charge in [-0.15, -0.1) is 0 Å². The highest BCUT2D eigenvalue weighted by molar-refractivity contribution is 6.11. The Kier molecular flexibility index (Phi) is 5.59. The van der Waals surface area contributed by atoms with Crippen molar-refractivity contribution in [3.05, 3.63) is 64.8 Å². The summed E-state index contributed by atoms with van der Waals surface area (Å²) in [6, 6.07) is 11.1. The molecule has 0 saturated carbocycles. The number of hydrogen-bond donors (Lipinski definition) is 1. The Morgan fingerprint density at radius 1 is 1.04 bits per heavy atom. The molecule has 1 aromatic heterocycles. The number of nitrogens with one attached hydrogen (secondary N) is 1. The maximum absolute atomic E-state index is 12.5. The lowest BCUT2D eigenvalue weighted by molar-refractivity contribution is 0.0526. The van der Waals surface area contributed by atoms with Gasteiger partial charge in [-0.3, -0.25) is 4.98 Å². The van der Waals surface area contributed by atoms with E-state index in [4.69, 9.17) is 9.47 Å². The van der Waals surface area contributed by atoms with Gasteiger partial charge in [-0.1, -0.05) is 24.3 Å². The number of hydrogen-bond acceptors (Lipinski definition) is 6. The van der Waals surface area contributed by atoms with E-state index in [1.807, 2.05) is 38.1 Å². The van der Waals surface area contributed by atoms with Crippen molar-refractivity contribution in [1.29, 1.82) is 0 Å². The first-order valence-electron chi connectivity index (χ1n) is 8.98. The minimum atomic E-state index is -0.486. The zero-order valence-electron chi connectivity index (χ0n) is 16.3. The van der Waals surface area contributed by atoms with Crippen molar-refractivity contribution in [3.8, 4) is 0 Å². The Hall–Kier alpha value is -3.41. The summed E-state index contributed by atoms with van der Waals surface area (Å²) in [7, 11) is 1.32. The number of methoxy groups -OCH3 is 1. The van der Waals surface area contributed by atoms with Crippen LogP contribution in [0, 0.1) is 13.8 Å². The number of anilines is 2. The summed E-state index contributed by atoms with van der Waals surface area (Å²) < 4.78 is 10.1. The number of carbonyl (C=O) groups is 2. The third kappa shape index (κ3) is 3.53. The van der Waals surface area contributed by atoms with Crippen molar-refractivity contribution in [2.24, 2.45) is 0 Å². The quantitative estimate of drug-likeness (QED) is 0.656. The average molecular weight is 378 g/mol. The number of fused-ring (bicyclic) bond motifs is 1. The summed E-state index contributed by atoms with van der Waals surface area (Å²) in [6.07, 6.45) is 1.43. The lowest BCUT2D eigenvalue weighted by Crippen LogP contribution is -2.11. The molecule has 6 nitrogen and oxygen atoms in total. The van der Waals surface area contributed by atoms with Gasteiger partial charge in [0.05, 0.1) is 30.5 Å². The number of esters is 2. The molecule has 1 heterocycles. The Bertz CT molecular complexity index is 1060. The van der Waals surface area contributed by atoms with Gasteiger partial charge in [0.1, 0.15) is 5.56 Å². The van der Waals surface area contributed by atoms with E-state index in [0.717, 1.165) is 16.8 Å². The first-order chi connectivity index (χ1) is 13.5. The topological polar surface area (TPSA) is 77.5 Å². The van der Waals surface area contributed by atoms with Gasteiger partial charge in [-0.25, -0.2) is 9.59 Å². The summed E-state index contributed by atoms with van der Waals surface area (Å²) in [5.41, 5.74) is 4.68. The summed E-state index contributed by atoms with van der Waals surface area (Å²) in [4.78, 5) is 29.0. The standard InChI is InChI=1S/C22H22N2O4/c1-5-28-22(26)17-12-23-19-15(9-7-10-16(19)21(25)27-4)20(17)24-18-11-6-8-13(2)14(18)3/h6-12H,5H2,1-4H3,(H,23,24). The molecule has 144 valence electrons. The van der Waals surface area contributed by atoms with Gasteiger partial charge < -0.3 is 14.8 Å². The lowest BCUT2D eigenvalue weighted by Gasteiger charge is -2.17. The van der Waals surface area contributed by atoms with Crippen LogP contribution in [-0.4, -0.2) is 30.6 Å². The molecule has 1 N–H and O–H groups in total. The summed E-state index contributed by atoms with van der Waals surface area (Å²) in [5, 5.41) is 3.99. The highest BCUT2D eigenvalue weighted by Crippen LogP contribution is 2.33. The number of carbonyl (C=O) groups excluding carboxylic acids is 2. The molecule has 0 saturated heterocycles. The Balaban J connectivity index is 2.26. The van der Waals surface area contributed by atoms with Gasteiger partial charge >= 0.3 is 11.9 Å². The molecular weight excluding hydrogens is 356 g/mol. The van der Waals surface area contributed by atoms with E-state index in [1.165, 1.54) is 13.3 Å². The summed E-state index contributed by atoms with van der Waals surface area (Å²) in [5.74, 6) is -0.965. The Morgan fingerprint density at radius 3 is 2.50 bits per heavy atom. The van der Waals surface area contributed by atoms with Gasteiger partial charge in [0.2, 0.25) is 0 Å². The zero-order chi connectivity index (χ0) is 20.3. The van der Waals surface area contributed by atoms with Gasteiger partial charge in [0.25, 0.3) is 0 Å². The number of pyridine rings is 1. The fourth-order valence-electron chi connectivity index (χ4n) is 3.02. The van der Waals surface area contributed by atoms with E-state index in [9.17, 15) is 9.59 Å². The predicted molar refractivity (Wildman–Crippen MR) is 108 cm³/mol. The van der Waals surface area contributed by atoms with Crippen LogP contribution in [-0.2, 0) is 9.47 Å². The number of aryl methyl sites for hydroxylation is 1. The Morgan fingerprint density at radius 2 is 1.79 bits per heavy atom. The molecule has 3 rings (SSSR count).